The Bertz CT molecular complexity index is 567. The molecule has 0 spiro atoms. The molecule has 0 bridgehead atoms. The molecule has 1 heterocycles. The molecule has 5 heteroatoms. The molecule has 3 rings (SSSR count). The SMILES string of the molecule is CN(C)CCCN1c2ccccc2Sc2ccccc21.[Cl-].[H+].[NaH]. The van der Waals surface area contributed by atoms with Crippen LogP contribution in [0.25, 0.3) is 0 Å². The second-order valence-corrected chi connectivity index (χ2v) is 6.43. The van der Waals surface area contributed by atoms with Crippen molar-refractivity contribution in [2.24, 2.45) is 0 Å². The van der Waals surface area contributed by atoms with Crippen LogP contribution in [0.2, 0.25) is 0 Å². The number of anilines is 2. The van der Waals surface area contributed by atoms with Crippen molar-refractivity contribution in [3.63, 3.8) is 0 Å². The topological polar surface area (TPSA) is 6.48 Å². The van der Waals surface area contributed by atoms with Gasteiger partial charge in [-0.1, -0.05) is 36.0 Å². The molecule has 2 aromatic carbocycles. The fourth-order valence-corrected chi connectivity index (χ4v) is 3.66. The molecule has 114 valence electrons. The van der Waals surface area contributed by atoms with E-state index in [2.05, 4.69) is 72.4 Å². The van der Waals surface area contributed by atoms with Crippen molar-refractivity contribution < 1.29 is 13.8 Å². The van der Waals surface area contributed by atoms with Gasteiger partial charge in [-0.25, -0.2) is 0 Å². The average Bonchev–Trinajstić information content (AvgIpc) is 2.46. The van der Waals surface area contributed by atoms with E-state index < -0.39 is 0 Å². The van der Waals surface area contributed by atoms with Gasteiger partial charge in [0, 0.05) is 16.3 Å². The number of hydrogen-bond donors (Lipinski definition) is 0. The van der Waals surface area contributed by atoms with Crippen molar-refractivity contribution in [1.82, 2.24) is 4.90 Å². The second-order valence-electron chi connectivity index (χ2n) is 5.35. The third kappa shape index (κ3) is 4.44. The molecule has 0 radical (unpaired) electrons. The van der Waals surface area contributed by atoms with Gasteiger partial charge in [0.05, 0.1) is 11.4 Å². The Morgan fingerprint density at radius 3 is 1.95 bits per heavy atom. The Balaban J connectivity index is 0.00000161. The van der Waals surface area contributed by atoms with Gasteiger partial charge in [0.15, 0.2) is 0 Å². The second kappa shape index (κ2) is 9.21. The standard InChI is InChI=1S/C17H20N2S.ClH.Na.H/c1-18(2)12-7-13-19-14-8-3-5-10-16(14)20-17-11-6-4-9-15(17)19;;;/h3-6,8-11H,7,12-13H2,1-2H3;1H;;. The van der Waals surface area contributed by atoms with Gasteiger partial charge in [-0.3, -0.25) is 0 Å². The van der Waals surface area contributed by atoms with Crippen molar-refractivity contribution in [3.05, 3.63) is 48.5 Å². The van der Waals surface area contributed by atoms with Gasteiger partial charge in [-0.15, -0.1) is 0 Å². The summed E-state index contributed by atoms with van der Waals surface area (Å²) in [5.41, 5.74) is 2.69. The molecule has 0 amide bonds. The van der Waals surface area contributed by atoms with Crippen LogP contribution < -0.4 is 17.3 Å². The molecule has 0 saturated heterocycles. The Hall–Kier alpha value is -0.160. The number of fused-ring (bicyclic) bond motifs is 2. The first-order valence-electron chi connectivity index (χ1n) is 7.04. The van der Waals surface area contributed by atoms with Gasteiger partial charge in [-0.05, 0) is 51.3 Å². The molecule has 22 heavy (non-hydrogen) atoms. The Morgan fingerprint density at radius 2 is 1.45 bits per heavy atom. The monoisotopic (exact) mass is 344 g/mol. The van der Waals surface area contributed by atoms with Crippen LogP contribution in [0.5, 0.6) is 0 Å². The van der Waals surface area contributed by atoms with Crippen molar-refractivity contribution >= 4 is 52.7 Å². The molecular weight excluding hydrogens is 323 g/mol. The molecule has 2 nitrogen and oxygen atoms in total. The van der Waals surface area contributed by atoms with E-state index in [1.165, 1.54) is 27.6 Å². The zero-order valence-corrected chi connectivity index (χ0v) is 14.0. The number of para-hydroxylation sites is 2. The van der Waals surface area contributed by atoms with Crippen LogP contribution in [0.3, 0.4) is 0 Å². The number of rotatable bonds is 4. The van der Waals surface area contributed by atoms with Gasteiger partial charge in [-0.2, -0.15) is 0 Å². The summed E-state index contributed by atoms with van der Waals surface area (Å²) in [5, 5.41) is 0. The van der Waals surface area contributed by atoms with Crippen LogP contribution in [0.1, 0.15) is 7.85 Å². The summed E-state index contributed by atoms with van der Waals surface area (Å²) >= 11 is 1.87. The molecule has 0 fully saturated rings. The van der Waals surface area contributed by atoms with Crippen LogP contribution in [0.4, 0.5) is 11.4 Å². The zero-order valence-electron chi connectivity index (χ0n) is 13.4. The molecule has 0 saturated carbocycles. The summed E-state index contributed by atoms with van der Waals surface area (Å²) in [6.07, 6.45) is 1.17. The van der Waals surface area contributed by atoms with Gasteiger partial charge in [0.1, 0.15) is 0 Å². The zero-order chi connectivity index (χ0) is 13.9. The van der Waals surface area contributed by atoms with Gasteiger partial charge in [0.2, 0.25) is 0 Å². The van der Waals surface area contributed by atoms with Crippen LogP contribution in [-0.2, 0) is 0 Å². The Labute approximate surface area is 167 Å². The summed E-state index contributed by atoms with van der Waals surface area (Å²) in [6.45, 7) is 2.18. The predicted molar refractivity (Wildman–Crippen MR) is 95.4 cm³/mol. The van der Waals surface area contributed by atoms with Crippen LogP contribution in [-0.4, -0.2) is 61.6 Å². The molecular formula is C17H22ClN2NaS. The minimum absolute atomic E-state index is 0. The summed E-state index contributed by atoms with van der Waals surface area (Å²) in [7, 11) is 4.27. The molecule has 1 aliphatic heterocycles. The summed E-state index contributed by atoms with van der Waals surface area (Å²) in [6, 6.07) is 17.4. The van der Waals surface area contributed by atoms with E-state index >= 15 is 0 Å². The van der Waals surface area contributed by atoms with Crippen LogP contribution >= 0.6 is 11.8 Å². The fraction of sp³-hybridized carbons (Fsp3) is 0.294. The van der Waals surface area contributed by atoms with E-state index in [-0.39, 0.29) is 43.4 Å². The van der Waals surface area contributed by atoms with Gasteiger partial charge < -0.3 is 22.2 Å². The minimum atomic E-state index is 0. The van der Waals surface area contributed by atoms with Crippen molar-refractivity contribution in [1.29, 1.82) is 0 Å². The Kier molecular flexibility index (Phi) is 8.33. The Morgan fingerprint density at radius 1 is 0.955 bits per heavy atom. The first kappa shape index (κ1) is 19.9. The molecule has 0 aromatic heterocycles. The quantitative estimate of drug-likeness (QED) is 0.754. The van der Waals surface area contributed by atoms with E-state index in [1.807, 2.05) is 11.8 Å². The summed E-state index contributed by atoms with van der Waals surface area (Å²) in [5.74, 6) is 0. The molecule has 1 aliphatic rings. The van der Waals surface area contributed by atoms with Crippen molar-refractivity contribution in [2.75, 3.05) is 32.1 Å². The third-order valence-electron chi connectivity index (χ3n) is 3.52. The van der Waals surface area contributed by atoms with Crippen molar-refractivity contribution in [2.45, 2.75) is 16.2 Å². The van der Waals surface area contributed by atoms with Crippen molar-refractivity contribution in [3.8, 4) is 0 Å². The molecule has 0 atom stereocenters. The maximum absolute atomic E-state index is 2.46. The normalized spacial score (nSPS) is 12.0. The summed E-state index contributed by atoms with van der Waals surface area (Å²) in [4.78, 5) is 7.42. The van der Waals surface area contributed by atoms with Gasteiger partial charge in [0.25, 0.3) is 0 Å². The third-order valence-corrected chi connectivity index (χ3v) is 4.65. The first-order chi connectivity index (χ1) is 9.75. The maximum atomic E-state index is 2.46. The molecule has 0 aliphatic carbocycles. The summed E-state index contributed by atoms with van der Waals surface area (Å²) < 4.78 is 0. The number of benzene rings is 2. The van der Waals surface area contributed by atoms with Gasteiger partial charge >= 0.3 is 31.0 Å². The molecule has 0 unspecified atom stereocenters. The van der Waals surface area contributed by atoms with E-state index in [0.717, 1.165) is 13.1 Å². The number of nitrogens with zero attached hydrogens (tertiary/aromatic N) is 2. The van der Waals surface area contributed by atoms with E-state index in [9.17, 15) is 0 Å². The fourth-order valence-electron chi connectivity index (χ4n) is 2.57. The molecule has 0 N–H and O–H groups in total. The molecule has 2 aromatic rings. The van der Waals surface area contributed by atoms with E-state index in [1.54, 1.807) is 0 Å². The van der Waals surface area contributed by atoms with Crippen LogP contribution in [0, 0.1) is 0 Å². The number of halogens is 1. The predicted octanol–water partition coefficient (Wildman–Crippen LogP) is 0.709. The van der Waals surface area contributed by atoms with Crippen LogP contribution in [0.15, 0.2) is 58.3 Å². The van der Waals surface area contributed by atoms with E-state index in [0.29, 0.717) is 0 Å². The number of hydrogen-bond acceptors (Lipinski definition) is 3. The van der Waals surface area contributed by atoms with E-state index in [4.69, 9.17) is 0 Å². The first-order valence-corrected chi connectivity index (χ1v) is 7.85. The average molecular weight is 345 g/mol.